The molecule has 0 bridgehead atoms. The minimum absolute atomic E-state index is 0.189. The number of thiazole rings is 1. The van der Waals surface area contributed by atoms with E-state index < -0.39 is 5.91 Å². The van der Waals surface area contributed by atoms with Crippen molar-refractivity contribution >= 4 is 69.4 Å². The number of halogens is 3. The highest BCUT2D eigenvalue weighted by Crippen LogP contribution is 2.21. The van der Waals surface area contributed by atoms with E-state index in [-0.39, 0.29) is 15.8 Å². The van der Waals surface area contributed by atoms with Crippen molar-refractivity contribution < 1.29 is 4.79 Å². The van der Waals surface area contributed by atoms with Gasteiger partial charge in [-0.2, -0.15) is 5.26 Å². The molecule has 0 saturated carbocycles. The molecule has 1 aromatic heterocycles. The molecule has 5 nitrogen and oxygen atoms in total. The third-order valence-electron chi connectivity index (χ3n) is 4.72. The Bertz CT molecular complexity index is 1620. The van der Waals surface area contributed by atoms with Gasteiger partial charge in [-0.25, -0.2) is 0 Å². The summed E-state index contributed by atoms with van der Waals surface area (Å²) in [5.74, 6) is -0.660. The second-order valence-electron chi connectivity index (χ2n) is 7.01. The van der Waals surface area contributed by atoms with Gasteiger partial charge in [-0.1, -0.05) is 65.1 Å². The summed E-state index contributed by atoms with van der Waals surface area (Å²) in [4.78, 5) is 26.5. The summed E-state index contributed by atoms with van der Waals surface area (Å²) in [6, 6.07) is 22.2. The van der Waals surface area contributed by atoms with Crippen LogP contribution in [0.3, 0.4) is 0 Å². The first-order chi connectivity index (χ1) is 16.4. The van der Waals surface area contributed by atoms with E-state index >= 15 is 0 Å². The maximum atomic E-state index is 13.4. The predicted molar refractivity (Wildman–Crippen MR) is 138 cm³/mol. The van der Waals surface area contributed by atoms with Crippen molar-refractivity contribution in [2.24, 2.45) is 0 Å². The van der Waals surface area contributed by atoms with E-state index in [2.05, 4.69) is 5.32 Å². The number of carbonyl (C=O) groups is 1. The molecule has 9 heteroatoms. The first-order valence-electron chi connectivity index (χ1n) is 9.83. The Morgan fingerprint density at radius 2 is 1.71 bits per heavy atom. The van der Waals surface area contributed by atoms with Gasteiger partial charge in [-0.05, 0) is 54.1 Å². The van der Waals surface area contributed by atoms with Crippen LogP contribution in [0.1, 0.15) is 5.56 Å². The molecule has 0 saturated heterocycles. The van der Waals surface area contributed by atoms with Crippen molar-refractivity contribution in [1.29, 1.82) is 5.26 Å². The molecule has 0 aliphatic heterocycles. The van der Waals surface area contributed by atoms with Gasteiger partial charge in [0.1, 0.15) is 10.7 Å². The fourth-order valence-corrected chi connectivity index (χ4v) is 4.92. The molecule has 168 valence electrons. The van der Waals surface area contributed by atoms with Crippen LogP contribution in [0, 0.1) is 11.3 Å². The molecule has 3 aromatic carbocycles. The topological polar surface area (TPSA) is 74.9 Å². The van der Waals surface area contributed by atoms with Crippen LogP contribution >= 0.6 is 46.1 Å². The first kappa shape index (κ1) is 23.8. The normalized spacial score (nSPS) is 12.2. The van der Waals surface area contributed by atoms with Gasteiger partial charge >= 0.3 is 0 Å². The molecule has 0 fully saturated rings. The number of nitrogens with zero attached hydrogens (tertiary/aromatic N) is 2. The number of benzene rings is 3. The van der Waals surface area contributed by atoms with E-state index in [1.165, 1.54) is 4.57 Å². The summed E-state index contributed by atoms with van der Waals surface area (Å²) < 4.78 is 1.83. The Morgan fingerprint density at radius 1 is 0.971 bits per heavy atom. The van der Waals surface area contributed by atoms with Crippen LogP contribution in [-0.2, 0) is 4.79 Å². The van der Waals surface area contributed by atoms with E-state index in [1.807, 2.05) is 12.1 Å². The number of amides is 1. The number of rotatable bonds is 4. The SMILES string of the molecule is N#CC(C(=O)Nc1cccc(Cl)c1)=c1sc(=Cc2ccc(Cl)cc2Cl)c(=O)n1-c1ccccc1. The van der Waals surface area contributed by atoms with Crippen molar-refractivity contribution in [1.82, 2.24) is 4.57 Å². The molecule has 0 spiro atoms. The van der Waals surface area contributed by atoms with Gasteiger partial charge in [0.2, 0.25) is 0 Å². The van der Waals surface area contributed by atoms with Gasteiger partial charge in [0.25, 0.3) is 11.5 Å². The Kier molecular flexibility index (Phi) is 7.20. The number of anilines is 1. The maximum Gasteiger partial charge on any atom is 0.273 e. The smallest absolute Gasteiger partial charge is 0.273 e. The second kappa shape index (κ2) is 10.3. The van der Waals surface area contributed by atoms with Crippen molar-refractivity contribution in [2.45, 2.75) is 0 Å². The van der Waals surface area contributed by atoms with E-state index in [9.17, 15) is 14.9 Å². The Morgan fingerprint density at radius 3 is 2.38 bits per heavy atom. The number of nitriles is 1. The number of hydrogen-bond donors (Lipinski definition) is 1. The molecule has 1 N–H and O–H groups in total. The molecule has 1 amide bonds. The lowest BCUT2D eigenvalue weighted by molar-refractivity contribution is -0.111. The van der Waals surface area contributed by atoms with Crippen LogP contribution in [0.2, 0.25) is 15.1 Å². The van der Waals surface area contributed by atoms with E-state index in [1.54, 1.807) is 72.8 Å². The van der Waals surface area contributed by atoms with Crippen LogP contribution < -0.4 is 20.1 Å². The van der Waals surface area contributed by atoms with Crippen molar-refractivity contribution in [3.63, 3.8) is 0 Å². The molecule has 1 heterocycles. The zero-order valence-electron chi connectivity index (χ0n) is 17.3. The van der Waals surface area contributed by atoms with Crippen molar-refractivity contribution in [3.05, 3.63) is 113 Å². The lowest BCUT2D eigenvalue weighted by Gasteiger charge is -2.06. The summed E-state index contributed by atoms with van der Waals surface area (Å²) >= 11 is 19.3. The van der Waals surface area contributed by atoms with Gasteiger partial charge in [-0.15, -0.1) is 11.3 Å². The maximum absolute atomic E-state index is 13.4. The second-order valence-corrected chi connectivity index (χ2v) is 9.32. The number of nitrogens with one attached hydrogen (secondary N) is 1. The standard InChI is InChI=1S/C25H14Cl3N3O2S/c26-16-5-4-6-18(12-16)30-23(32)20(14-29)25-31(19-7-2-1-3-8-19)24(33)22(34-25)11-15-9-10-17(27)13-21(15)28/h1-13H,(H,30,32). The average Bonchev–Trinajstić information content (AvgIpc) is 3.12. The number of aromatic nitrogens is 1. The minimum atomic E-state index is -0.660. The average molecular weight is 527 g/mol. The zero-order chi connectivity index (χ0) is 24.2. The molecule has 4 aromatic rings. The monoisotopic (exact) mass is 525 g/mol. The predicted octanol–water partition coefficient (Wildman–Crippen LogP) is 5.00. The fraction of sp³-hybridized carbons (Fsp3) is 0. The fourth-order valence-electron chi connectivity index (χ4n) is 3.18. The number of hydrogen-bond acceptors (Lipinski definition) is 4. The number of para-hydroxylation sites is 1. The highest BCUT2D eigenvalue weighted by Gasteiger charge is 2.17. The minimum Gasteiger partial charge on any atom is -0.321 e. The van der Waals surface area contributed by atoms with Gasteiger partial charge in [0, 0.05) is 20.8 Å². The van der Waals surface area contributed by atoms with Crippen LogP contribution in [0.4, 0.5) is 5.69 Å². The summed E-state index contributed by atoms with van der Waals surface area (Å²) in [7, 11) is 0. The van der Waals surface area contributed by atoms with Gasteiger partial charge < -0.3 is 5.32 Å². The summed E-state index contributed by atoms with van der Waals surface area (Å²) in [5, 5.41) is 13.8. The molecule has 0 unspecified atom stereocenters. The third-order valence-corrected chi connectivity index (χ3v) is 6.61. The molecule has 0 aliphatic carbocycles. The highest BCUT2D eigenvalue weighted by molar-refractivity contribution is 7.07. The van der Waals surface area contributed by atoms with Gasteiger partial charge in [0.15, 0.2) is 5.57 Å². The van der Waals surface area contributed by atoms with E-state index in [0.29, 0.717) is 36.5 Å². The van der Waals surface area contributed by atoms with E-state index in [0.717, 1.165) is 11.3 Å². The Labute approximate surface area is 213 Å². The first-order valence-corrected chi connectivity index (χ1v) is 11.8. The summed E-state index contributed by atoms with van der Waals surface area (Å²) in [6.07, 6.45) is 1.61. The van der Waals surface area contributed by atoms with Crippen molar-refractivity contribution in [2.75, 3.05) is 5.32 Å². The molecule has 0 atom stereocenters. The van der Waals surface area contributed by atoms with Crippen molar-refractivity contribution in [3.8, 4) is 11.8 Å². The highest BCUT2D eigenvalue weighted by atomic mass is 35.5. The summed E-state index contributed by atoms with van der Waals surface area (Å²) in [5.41, 5.74) is 0.922. The molecular weight excluding hydrogens is 513 g/mol. The quantitative estimate of drug-likeness (QED) is 0.407. The molecule has 4 rings (SSSR count). The molecule has 0 aliphatic rings. The molecule has 34 heavy (non-hydrogen) atoms. The van der Waals surface area contributed by atoms with Gasteiger partial charge in [-0.3, -0.25) is 14.2 Å². The zero-order valence-corrected chi connectivity index (χ0v) is 20.3. The van der Waals surface area contributed by atoms with Crippen LogP contribution in [0.5, 0.6) is 0 Å². The van der Waals surface area contributed by atoms with Crippen LogP contribution in [0.25, 0.3) is 17.3 Å². The summed E-state index contributed by atoms with van der Waals surface area (Å²) in [6.45, 7) is 0. The lowest BCUT2D eigenvalue weighted by atomic mass is 10.2. The Hall–Kier alpha value is -3.34. The molecule has 0 radical (unpaired) electrons. The van der Waals surface area contributed by atoms with Crippen LogP contribution in [0.15, 0.2) is 77.6 Å². The van der Waals surface area contributed by atoms with E-state index in [4.69, 9.17) is 34.8 Å². The largest absolute Gasteiger partial charge is 0.321 e. The number of carbonyl (C=O) groups excluding carboxylic acids is 1. The lowest BCUT2D eigenvalue weighted by Crippen LogP contribution is -2.32. The van der Waals surface area contributed by atoms with Crippen LogP contribution in [-0.4, -0.2) is 10.5 Å². The molecular formula is C25H14Cl3N3O2S. The third kappa shape index (κ3) is 5.09. The Balaban J connectivity index is 1.96. The van der Waals surface area contributed by atoms with Gasteiger partial charge in [0.05, 0.1) is 10.2 Å².